The summed E-state index contributed by atoms with van der Waals surface area (Å²) in [4.78, 5) is 49.4. The number of esters is 1. The maximum absolute atomic E-state index is 12.3. The second-order valence-corrected chi connectivity index (χ2v) is 6.89. The van der Waals surface area contributed by atoms with Crippen molar-refractivity contribution >= 4 is 41.0 Å². The van der Waals surface area contributed by atoms with E-state index in [-0.39, 0.29) is 36.6 Å². The smallest absolute Gasteiger partial charge is 0.308 e. The fourth-order valence-electron chi connectivity index (χ4n) is 3.24. The highest BCUT2D eigenvalue weighted by Gasteiger charge is 2.46. The SMILES string of the molecule is O=C(COC(=O)CCN1C(=O)[C@H]2CC=CC[C@@H]2C1=O)Nc1ccc(Cl)cc1. The van der Waals surface area contributed by atoms with E-state index in [0.717, 1.165) is 4.90 Å². The lowest BCUT2D eigenvalue weighted by Crippen LogP contribution is -2.33. The van der Waals surface area contributed by atoms with Gasteiger partial charge in [-0.05, 0) is 37.1 Å². The Kier molecular flexibility index (Phi) is 5.91. The minimum Gasteiger partial charge on any atom is -0.456 e. The number of rotatable bonds is 6. The Morgan fingerprint density at radius 2 is 1.67 bits per heavy atom. The van der Waals surface area contributed by atoms with Gasteiger partial charge in [-0.3, -0.25) is 24.1 Å². The van der Waals surface area contributed by atoms with Crippen LogP contribution in [0.4, 0.5) is 5.69 Å². The number of halogens is 1. The Morgan fingerprint density at radius 1 is 1.07 bits per heavy atom. The molecule has 1 fully saturated rings. The van der Waals surface area contributed by atoms with Crippen molar-refractivity contribution in [3.63, 3.8) is 0 Å². The molecule has 1 N–H and O–H groups in total. The number of carbonyl (C=O) groups is 4. The van der Waals surface area contributed by atoms with E-state index in [0.29, 0.717) is 23.6 Å². The molecular weight excluding hydrogens is 372 g/mol. The number of allylic oxidation sites excluding steroid dienone is 2. The van der Waals surface area contributed by atoms with Gasteiger partial charge in [-0.15, -0.1) is 0 Å². The van der Waals surface area contributed by atoms with Crippen LogP contribution in [0.3, 0.4) is 0 Å². The number of nitrogens with one attached hydrogen (secondary N) is 1. The van der Waals surface area contributed by atoms with Crippen molar-refractivity contribution in [2.45, 2.75) is 19.3 Å². The Bertz CT molecular complexity index is 764. The third kappa shape index (κ3) is 4.54. The molecular formula is C19H19ClN2O5. The third-order valence-electron chi connectivity index (χ3n) is 4.63. The third-order valence-corrected chi connectivity index (χ3v) is 4.88. The summed E-state index contributed by atoms with van der Waals surface area (Å²) in [6.07, 6.45) is 4.79. The highest BCUT2D eigenvalue weighted by Crippen LogP contribution is 2.34. The molecule has 1 saturated heterocycles. The van der Waals surface area contributed by atoms with Crippen molar-refractivity contribution in [1.29, 1.82) is 0 Å². The minimum atomic E-state index is -0.644. The number of hydrogen-bond acceptors (Lipinski definition) is 5. The second-order valence-electron chi connectivity index (χ2n) is 6.45. The van der Waals surface area contributed by atoms with Crippen molar-refractivity contribution in [2.75, 3.05) is 18.5 Å². The molecule has 3 amide bonds. The fraction of sp³-hybridized carbons (Fsp3) is 0.368. The molecule has 0 spiro atoms. The first-order valence-corrected chi connectivity index (χ1v) is 9.05. The molecule has 0 radical (unpaired) electrons. The first-order valence-electron chi connectivity index (χ1n) is 8.67. The lowest BCUT2D eigenvalue weighted by molar-refractivity contribution is -0.148. The van der Waals surface area contributed by atoms with Gasteiger partial charge in [0.2, 0.25) is 11.8 Å². The van der Waals surface area contributed by atoms with Gasteiger partial charge in [-0.2, -0.15) is 0 Å². The molecule has 1 aromatic carbocycles. The number of imide groups is 1. The van der Waals surface area contributed by atoms with Crippen LogP contribution in [0.1, 0.15) is 19.3 Å². The van der Waals surface area contributed by atoms with E-state index in [1.807, 2.05) is 12.2 Å². The highest BCUT2D eigenvalue weighted by atomic mass is 35.5. The van der Waals surface area contributed by atoms with Gasteiger partial charge >= 0.3 is 5.97 Å². The van der Waals surface area contributed by atoms with Gasteiger partial charge in [0.05, 0.1) is 18.3 Å². The van der Waals surface area contributed by atoms with Crippen LogP contribution in [0.5, 0.6) is 0 Å². The first-order chi connectivity index (χ1) is 13.0. The van der Waals surface area contributed by atoms with Crippen LogP contribution >= 0.6 is 11.6 Å². The van der Waals surface area contributed by atoms with E-state index in [4.69, 9.17) is 16.3 Å². The molecule has 27 heavy (non-hydrogen) atoms. The van der Waals surface area contributed by atoms with E-state index < -0.39 is 18.5 Å². The fourth-order valence-corrected chi connectivity index (χ4v) is 3.37. The van der Waals surface area contributed by atoms with Crippen molar-refractivity contribution < 1.29 is 23.9 Å². The van der Waals surface area contributed by atoms with Gasteiger partial charge in [-0.25, -0.2) is 0 Å². The Hall–Kier alpha value is -2.67. The van der Waals surface area contributed by atoms with Crippen LogP contribution in [0.25, 0.3) is 0 Å². The zero-order chi connectivity index (χ0) is 19.4. The predicted molar refractivity (Wildman–Crippen MR) is 97.7 cm³/mol. The number of ether oxygens (including phenoxy) is 1. The van der Waals surface area contributed by atoms with Crippen molar-refractivity contribution in [3.05, 3.63) is 41.4 Å². The Labute approximate surface area is 161 Å². The number of amides is 3. The van der Waals surface area contributed by atoms with Crippen molar-refractivity contribution in [3.8, 4) is 0 Å². The van der Waals surface area contributed by atoms with Crippen LogP contribution in [-0.4, -0.2) is 41.7 Å². The van der Waals surface area contributed by atoms with Crippen LogP contribution < -0.4 is 5.32 Å². The number of likely N-dealkylation sites (tertiary alicyclic amines) is 1. The molecule has 0 bridgehead atoms. The van der Waals surface area contributed by atoms with Gasteiger partial charge in [0.25, 0.3) is 5.91 Å². The zero-order valence-electron chi connectivity index (χ0n) is 14.5. The maximum atomic E-state index is 12.3. The number of anilines is 1. The molecule has 0 saturated carbocycles. The average Bonchev–Trinajstić information content (AvgIpc) is 2.91. The lowest BCUT2D eigenvalue weighted by atomic mass is 9.85. The van der Waals surface area contributed by atoms with E-state index >= 15 is 0 Å². The second kappa shape index (κ2) is 8.35. The van der Waals surface area contributed by atoms with Crippen LogP contribution in [0.15, 0.2) is 36.4 Å². The van der Waals surface area contributed by atoms with E-state index in [1.165, 1.54) is 0 Å². The monoisotopic (exact) mass is 390 g/mol. The van der Waals surface area contributed by atoms with Gasteiger partial charge in [-0.1, -0.05) is 23.8 Å². The minimum absolute atomic E-state index is 0.0255. The molecule has 2 atom stereocenters. The van der Waals surface area contributed by atoms with Gasteiger partial charge in [0.1, 0.15) is 0 Å². The van der Waals surface area contributed by atoms with Crippen molar-refractivity contribution in [1.82, 2.24) is 4.90 Å². The summed E-state index contributed by atoms with van der Waals surface area (Å²) in [5.74, 6) is -2.23. The van der Waals surface area contributed by atoms with E-state index in [2.05, 4.69) is 5.32 Å². The van der Waals surface area contributed by atoms with Gasteiger partial charge in [0, 0.05) is 17.3 Å². The molecule has 0 aromatic heterocycles. The highest BCUT2D eigenvalue weighted by molar-refractivity contribution is 6.30. The zero-order valence-corrected chi connectivity index (χ0v) is 15.3. The molecule has 8 heteroatoms. The molecule has 0 unspecified atom stereocenters. The Balaban J connectivity index is 1.42. The molecule has 1 aromatic rings. The first kappa shape index (κ1) is 19.1. The van der Waals surface area contributed by atoms with Crippen LogP contribution in [0.2, 0.25) is 5.02 Å². The van der Waals surface area contributed by atoms with E-state index in [1.54, 1.807) is 24.3 Å². The summed E-state index contributed by atoms with van der Waals surface area (Å²) < 4.78 is 4.91. The number of nitrogens with zero attached hydrogens (tertiary/aromatic N) is 1. The number of hydrogen-bond donors (Lipinski definition) is 1. The van der Waals surface area contributed by atoms with Crippen molar-refractivity contribution in [2.24, 2.45) is 11.8 Å². The number of benzene rings is 1. The van der Waals surface area contributed by atoms with Crippen LogP contribution in [-0.2, 0) is 23.9 Å². The number of carbonyl (C=O) groups excluding carboxylic acids is 4. The maximum Gasteiger partial charge on any atom is 0.308 e. The summed E-state index contributed by atoms with van der Waals surface area (Å²) >= 11 is 5.76. The van der Waals surface area contributed by atoms with E-state index in [9.17, 15) is 19.2 Å². The molecule has 142 valence electrons. The predicted octanol–water partition coefficient (Wildman–Crippen LogP) is 2.16. The van der Waals surface area contributed by atoms with Crippen LogP contribution in [0, 0.1) is 11.8 Å². The quantitative estimate of drug-likeness (QED) is 0.456. The summed E-state index contributed by atoms with van der Waals surface area (Å²) in [7, 11) is 0. The summed E-state index contributed by atoms with van der Waals surface area (Å²) in [5, 5.41) is 3.11. The molecule has 3 rings (SSSR count). The lowest BCUT2D eigenvalue weighted by Gasteiger charge is -2.14. The summed E-state index contributed by atoms with van der Waals surface area (Å²) in [5.41, 5.74) is 0.532. The normalized spacial score (nSPS) is 21.1. The van der Waals surface area contributed by atoms with Gasteiger partial charge in [0.15, 0.2) is 6.61 Å². The summed E-state index contributed by atoms with van der Waals surface area (Å²) in [6, 6.07) is 6.50. The topological polar surface area (TPSA) is 92.8 Å². The largest absolute Gasteiger partial charge is 0.456 e. The molecule has 1 heterocycles. The molecule has 1 aliphatic heterocycles. The summed E-state index contributed by atoms with van der Waals surface area (Å²) in [6.45, 7) is -0.471. The number of fused-ring (bicyclic) bond motifs is 1. The molecule has 1 aliphatic carbocycles. The average molecular weight is 391 g/mol. The van der Waals surface area contributed by atoms with Gasteiger partial charge < -0.3 is 10.1 Å². The standard InChI is InChI=1S/C19H19ClN2O5/c20-12-5-7-13(8-6-12)21-16(23)11-27-17(24)9-10-22-18(25)14-3-1-2-4-15(14)19(22)26/h1-2,5-8,14-15H,3-4,9-11H2,(H,21,23)/t14-,15-/m0/s1. The molecule has 7 nitrogen and oxygen atoms in total. The molecule has 2 aliphatic rings. The Morgan fingerprint density at radius 3 is 2.26 bits per heavy atom.